The van der Waals surface area contributed by atoms with Gasteiger partial charge in [0, 0.05) is 6.08 Å². The number of nitro groups is 1. The number of halogens is 1. The third-order valence-corrected chi connectivity index (χ3v) is 2.52. The highest BCUT2D eigenvalue weighted by Gasteiger charge is 2.06. The lowest BCUT2D eigenvalue weighted by Crippen LogP contribution is -1.90. The van der Waals surface area contributed by atoms with Crippen LogP contribution in [-0.2, 0) is 0 Å². The van der Waals surface area contributed by atoms with Crippen LogP contribution in [0.25, 0.3) is 16.8 Å². The number of benzene rings is 2. The van der Waals surface area contributed by atoms with Gasteiger partial charge >= 0.3 is 5.16 Å². The lowest BCUT2D eigenvalue weighted by molar-refractivity contribution is -0.410. The molecule has 0 spiro atoms. The van der Waals surface area contributed by atoms with Gasteiger partial charge in [0.15, 0.2) is 0 Å². The summed E-state index contributed by atoms with van der Waals surface area (Å²) in [7, 11) is 0. The fourth-order valence-corrected chi connectivity index (χ4v) is 1.67. The third-order valence-electron chi connectivity index (χ3n) is 2.27. The Kier molecular flexibility index (Phi) is 2.88. The molecule has 0 amide bonds. The molecule has 2 aromatic carbocycles. The number of rotatable bonds is 2. The van der Waals surface area contributed by atoms with Crippen LogP contribution in [0, 0.1) is 10.1 Å². The quantitative estimate of drug-likeness (QED) is 0.451. The minimum Gasteiger partial charge on any atom is -0.257 e. The topological polar surface area (TPSA) is 43.1 Å². The van der Waals surface area contributed by atoms with Crippen LogP contribution in [0.15, 0.2) is 47.6 Å². The van der Waals surface area contributed by atoms with Gasteiger partial charge in [-0.05, 0) is 27.9 Å². The molecule has 0 aromatic heterocycles. The molecule has 0 unspecified atom stereocenters. The van der Waals surface area contributed by atoms with Gasteiger partial charge in [0.2, 0.25) is 0 Å². The third kappa shape index (κ3) is 2.04. The number of nitrogens with zero attached hydrogens (tertiary/aromatic N) is 1. The Morgan fingerprint density at radius 3 is 2.62 bits per heavy atom. The molecule has 16 heavy (non-hydrogen) atoms. The number of hydrogen-bond acceptors (Lipinski definition) is 2. The summed E-state index contributed by atoms with van der Waals surface area (Å²) >= 11 is 5.51. The summed E-state index contributed by atoms with van der Waals surface area (Å²) in [6.45, 7) is 0. The summed E-state index contributed by atoms with van der Waals surface area (Å²) in [5.41, 5.74) is 0.750. The molecule has 0 aliphatic rings. The highest BCUT2D eigenvalue weighted by atomic mass is 35.5. The van der Waals surface area contributed by atoms with Gasteiger partial charge in [0.1, 0.15) is 0 Å². The highest BCUT2D eigenvalue weighted by Crippen LogP contribution is 2.21. The van der Waals surface area contributed by atoms with Crippen LogP contribution in [0.5, 0.6) is 0 Å². The van der Waals surface area contributed by atoms with E-state index in [-0.39, 0.29) is 5.16 Å². The van der Waals surface area contributed by atoms with E-state index in [0.717, 1.165) is 16.3 Å². The molecule has 4 heteroatoms. The molecule has 0 saturated heterocycles. The van der Waals surface area contributed by atoms with E-state index in [1.54, 1.807) is 6.07 Å². The summed E-state index contributed by atoms with van der Waals surface area (Å²) in [5.74, 6) is 0. The van der Waals surface area contributed by atoms with Crippen molar-refractivity contribution < 1.29 is 4.92 Å². The van der Waals surface area contributed by atoms with Crippen molar-refractivity contribution in [2.45, 2.75) is 0 Å². The van der Waals surface area contributed by atoms with Gasteiger partial charge in [-0.15, -0.1) is 0 Å². The van der Waals surface area contributed by atoms with Gasteiger partial charge in [-0.25, -0.2) is 0 Å². The van der Waals surface area contributed by atoms with Crippen molar-refractivity contribution in [1.82, 2.24) is 0 Å². The van der Waals surface area contributed by atoms with Crippen LogP contribution in [0.2, 0.25) is 0 Å². The molecule has 0 N–H and O–H groups in total. The van der Waals surface area contributed by atoms with E-state index in [4.69, 9.17) is 11.6 Å². The minimum absolute atomic E-state index is 0.378. The second kappa shape index (κ2) is 4.33. The molecule has 0 heterocycles. The van der Waals surface area contributed by atoms with Gasteiger partial charge in [-0.2, -0.15) is 0 Å². The monoisotopic (exact) mass is 233 g/mol. The molecule has 0 saturated carbocycles. The van der Waals surface area contributed by atoms with Crippen molar-refractivity contribution in [1.29, 1.82) is 0 Å². The Hall–Kier alpha value is -1.87. The van der Waals surface area contributed by atoms with Gasteiger partial charge in [-0.3, -0.25) is 10.1 Å². The van der Waals surface area contributed by atoms with Gasteiger partial charge in [0.25, 0.3) is 0 Å². The lowest BCUT2D eigenvalue weighted by atomic mass is 10.0. The summed E-state index contributed by atoms with van der Waals surface area (Å²) in [6, 6.07) is 13.3. The van der Waals surface area contributed by atoms with Crippen molar-refractivity contribution in [3.63, 3.8) is 0 Å². The van der Waals surface area contributed by atoms with Gasteiger partial charge in [-0.1, -0.05) is 42.5 Å². The highest BCUT2D eigenvalue weighted by molar-refractivity contribution is 6.30. The average Bonchev–Trinajstić information content (AvgIpc) is 2.29. The van der Waals surface area contributed by atoms with Crippen molar-refractivity contribution in [2.75, 3.05) is 0 Å². The van der Waals surface area contributed by atoms with Gasteiger partial charge < -0.3 is 0 Å². The molecule has 0 aliphatic carbocycles. The molecule has 0 bridgehead atoms. The van der Waals surface area contributed by atoms with Crippen molar-refractivity contribution in [2.24, 2.45) is 0 Å². The van der Waals surface area contributed by atoms with Crippen LogP contribution < -0.4 is 0 Å². The molecule has 0 fully saturated rings. The van der Waals surface area contributed by atoms with Crippen LogP contribution >= 0.6 is 11.6 Å². The van der Waals surface area contributed by atoms with Crippen molar-refractivity contribution in [3.05, 3.63) is 63.3 Å². The Bertz CT molecular complexity index is 573. The minimum atomic E-state index is -0.608. The van der Waals surface area contributed by atoms with E-state index in [2.05, 4.69) is 0 Å². The van der Waals surface area contributed by atoms with E-state index in [1.807, 2.05) is 36.4 Å². The van der Waals surface area contributed by atoms with E-state index in [0.29, 0.717) is 0 Å². The first kappa shape index (κ1) is 10.6. The molecule has 2 rings (SSSR count). The summed E-state index contributed by atoms with van der Waals surface area (Å²) < 4.78 is 0. The largest absolute Gasteiger partial charge is 0.337 e. The van der Waals surface area contributed by atoms with E-state index in [1.165, 1.54) is 6.08 Å². The van der Waals surface area contributed by atoms with Crippen LogP contribution in [0.1, 0.15) is 5.56 Å². The maximum absolute atomic E-state index is 10.4. The zero-order valence-corrected chi connectivity index (χ0v) is 9.02. The maximum Gasteiger partial charge on any atom is 0.337 e. The smallest absolute Gasteiger partial charge is 0.257 e. The number of fused-ring (bicyclic) bond motifs is 1. The van der Waals surface area contributed by atoms with Crippen molar-refractivity contribution >= 4 is 28.4 Å². The van der Waals surface area contributed by atoms with Crippen LogP contribution in [0.4, 0.5) is 0 Å². The molecule has 0 aliphatic heterocycles. The van der Waals surface area contributed by atoms with E-state index < -0.39 is 4.92 Å². The summed E-state index contributed by atoms with van der Waals surface area (Å²) in [6.07, 6.45) is 1.36. The molecular formula is C12H8ClNO2. The first-order valence-corrected chi connectivity index (χ1v) is 5.05. The second-order valence-electron chi connectivity index (χ2n) is 3.29. The zero-order valence-electron chi connectivity index (χ0n) is 8.26. The van der Waals surface area contributed by atoms with Crippen molar-refractivity contribution in [3.8, 4) is 0 Å². The fourth-order valence-electron chi connectivity index (χ4n) is 1.56. The molecule has 3 nitrogen and oxygen atoms in total. The van der Waals surface area contributed by atoms with Crippen LogP contribution in [-0.4, -0.2) is 4.92 Å². The predicted molar refractivity (Wildman–Crippen MR) is 64.8 cm³/mol. The summed E-state index contributed by atoms with van der Waals surface area (Å²) in [4.78, 5) is 9.84. The fraction of sp³-hybridized carbons (Fsp3) is 0. The molecule has 2 aromatic rings. The maximum atomic E-state index is 10.4. The molecule has 80 valence electrons. The Morgan fingerprint density at radius 1 is 1.19 bits per heavy atom. The standard InChI is InChI=1S/C12H8ClNO2/c13-12(14(15)16)8-10-6-3-5-9-4-1-2-7-11(9)10/h1-8H/b12-8-. The first-order valence-electron chi connectivity index (χ1n) is 4.68. The Labute approximate surface area is 97.1 Å². The lowest BCUT2D eigenvalue weighted by Gasteiger charge is -2.00. The molecule has 0 atom stereocenters. The van der Waals surface area contributed by atoms with Crippen LogP contribution in [0.3, 0.4) is 0 Å². The Balaban J connectivity index is 2.61. The SMILES string of the molecule is O=[N+]([O-])/C(Cl)=C\c1cccc2ccccc12. The second-order valence-corrected chi connectivity index (χ2v) is 3.68. The van der Waals surface area contributed by atoms with E-state index in [9.17, 15) is 10.1 Å². The average molecular weight is 234 g/mol. The molecule has 0 radical (unpaired) electrons. The van der Waals surface area contributed by atoms with E-state index >= 15 is 0 Å². The Morgan fingerprint density at radius 2 is 1.88 bits per heavy atom. The number of hydrogen-bond donors (Lipinski definition) is 0. The summed E-state index contributed by atoms with van der Waals surface area (Å²) in [5, 5.41) is 12.0. The zero-order chi connectivity index (χ0) is 11.5. The normalized spacial score (nSPS) is 11.7. The first-order chi connectivity index (χ1) is 7.68. The predicted octanol–water partition coefficient (Wildman–Crippen LogP) is 3.65. The van der Waals surface area contributed by atoms with Gasteiger partial charge in [0.05, 0.1) is 4.92 Å². The molecular weight excluding hydrogens is 226 g/mol.